The second kappa shape index (κ2) is 7.31. The van der Waals surface area contributed by atoms with Crippen LogP contribution in [-0.4, -0.2) is 28.5 Å². The first-order valence-corrected chi connectivity index (χ1v) is 7.08. The van der Waals surface area contributed by atoms with E-state index < -0.39 is 23.1 Å². The van der Waals surface area contributed by atoms with Crippen molar-refractivity contribution < 1.29 is 18.7 Å². The molecular weight excluding hydrogens is 332 g/mol. The summed E-state index contributed by atoms with van der Waals surface area (Å²) in [5.74, 6) is -1.33. The lowest BCUT2D eigenvalue weighted by atomic mass is 10.1. The minimum atomic E-state index is -0.752. The van der Waals surface area contributed by atoms with Crippen molar-refractivity contribution in [1.82, 2.24) is 9.55 Å². The highest BCUT2D eigenvalue weighted by Gasteiger charge is 2.25. The van der Waals surface area contributed by atoms with Gasteiger partial charge in [-0.25, -0.2) is 9.59 Å². The molecule has 10 heteroatoms. The van der Waals surface area contributed by atoms with Crippen LogP contribution < -0.4 is 16.6 Å². The Bertz CT molecular complexity index is 975. The Labute approximate surface area is 140 Å². The van der Waals surface area contributed by atoms with E-state index in [-0.39, 0.29) is 35.7 Å². The van der Waals surface area contributed by atoms with Crippen LogP contribution in [0.4, 0.5) is 5.88 Å². The third kappa shape index (κ3) is 3.84. The van der Waals surface area contributed by atoms with Gasteiger partial charge in [0.05, 0.1) is 7.11 Å². The minimum absolute atomic E-state index is 0.00683. The summed E-state index contributed by atoms with van der Waals surface area (Å²) >= 11 is 0. The van der Waals surface area contributed by atoms with Gasteiger partial charge in [0.1, 0.15) is 23.0 Å². The number of rotatable bonds is 5. The maximum Gasteiger partial charge on any atom is 0.342 e. The number of esters is 1. The summed E-state index contributed by atoms with van der Waals surface area (Å²) in [6, 6.07) is 2.95. The van der Waals surface area contributed by atoms with Crippen molar-refractivity contribution in [3.63, 3.8) is 0 Å². The average molecular weight is 346 g/mol. The van der Waals surface area contributed by atoms with E-state index in [0.29, 0.717) is 0 Å². The fourth-order valence-electron chi connectivity index (χ4n) is 2.12. The summed E-state index contributed by atoms with van der Waals surface area (Å²) < 4.78 is 11.0. The molecular formula is C15H14N4O6. The van der Waals surface area contributed by atoms with Crippen molar-refractivity contribution in [2.75, 3.05) is 12.4 Å². The number of hydrogen-bond acceptors (Lipinski definition) is 7. The molecule has 0 saturated carbocycles. The Morgan fingerprint density at radius 1 is 1.44 bits per heavy atom. The number of anilines is 1. The highest BCUT2D eigenvalue weighted by molar-refractivity contribution is 5.98. The second-order valence-electron chi connectivity index (χ2n) is 4.94. The predicted octanol–water partition coefficient (Wildman–Crippen LogP) is 0.125. The number of ether oxygens (including phenoxy) is 1. The normalized spacial score (nSPS) is 10.1. The van der Waals surface area contributed by atoms with Crippen LogP contribution in [0.2, 0.25) is 0 Å². The number of hydrogen-bond donors (Lipinski definition) is 2. The molecule has 0 aliphatic heterocycles. The molecule has 2 heterocycles. The summed E-state index contributed by atoms with van der Waals surface area (Å²) in [6.07, 6.45) is 1.14. The summed E-state index contributed by atoms with van der Waals surface area (Å²) in [4.78, 5) is 48.3. The number of aryl methyl sites for hydroxylation is 2. The standard InChI is InChI=1S/C15H14N4O6/c1-8-12(14(22)24-2)9(7-16)13(25-8)17-10(20)3-5-19-6-4-11(21)18-15(19)23/h4,6H,3,5H2,1-2H3,(H,17,20)(H,18,21,23). The van der Waals surface area contributed by atoms with Gasteiger partial charge in [0.2, 0.25) is 11.8 Å². The molecule has 0 bridgehead atoms. The Morgan fingerprint density at radius 2 is 2.16 bits per heavy atom. The molecule has 2 aromatic rings. The van der Waals surface area contributed by atoms with E-state index in [1.54, 1.807) is 6.07 Å². The van der Waals surface area contributed by atoms with Gasteiger partial charge in [-0.2, -0.15) is 5.26 Å². The third-order valence-corrected chi connectivity index (χ3v) is 3.32. The van der Waals surface area contributed by atoms with Crippen molar-refractivity contribution in [3.8, 4) is 6.07 Å². The molecule has 0 spiro atoms. The quantitative estimate of drug-likeness (QED) is 0.731. The maximum absolute atomic E-state index is 12.0. The maximum atomic E-state index is 12.0. The fourth-order valence-corrected chi connectivity index (χ4v) is 2.12. The van der Waals surface area contributed by atoms with Crippen LogP contribution in [0.3, 0.4) is 0 Å². The molecule has 0 saturated heterocycles. The lowest BCUT2D eigenvalue weighted by molar-refractivity contribution is -0.116. The first kappa shape index (κ1) is 17.7. The smallest absolute Gasteiger partial charge is 0.342 e. The number of nitrogens with zero attached hydrogens (tertiary/aromatic N) is 2. The number of aromatic nitrogens is 2. The zero-order valence-electron chi connectivity index (χ0n) is 13.4. The molecule has 0 radical (unpaired) electrons. The van der Waals surface area contributed by atoms with E-state index in [2.05, 4.69) is 15.0 Å². The molecule has 0 fully saturated rings. The zero-order chi connectivity index (χ0) is 18.6. The lowest BCUT2D eigenvalue weighted by Gasteiger charge is -2.05. The summed E-state index contributed by atoms with van der Waals surface area (Å²) in [6.45, 7) is 1.47. The molecule has 10 nitrogen and oxygen atoms in total. The zero-order valence-corrected chi connectivity index (χ0v) is 13.4. The van der Waals surface area contributed by atoms with Crippen molar-refractivity contribution in [3.05, 3.63) is 50.0 Å². The summed E-state index contributed by atoms with van der Waals surface area (Å²) in [5.41, 5.74) is -1.37. The highest BCUT2D eigenvalue weighted by atomic mass is 16.5. The number of methoxy groups -OCH3 is 1. The Hall–Kier alpha value is -3.61. The number of carbonyl (C=O) groups excluding carboxylic acids is 2. The van der Waals surface area contributed by atoms with E-state index >= 15 is 0 Å². The van der Waals surface area contributed by atoms with Gasteiger partial charge in [0.15, 0.2) is 0 Å². The van der Waals surface area contributed by atoms with Gasteiger partial charge in [-0.05, 0) is 6.92 Å². The van der Waals surface area contributed by atoms with Gasteiger partial charge >= 0.3 is 11.7 Å². The van der Waals surface area contributed by atoms with Crippen LogP contribution in [-0.2, 0) is 16.1 Å². The van der Waals surface area contributed by atoms with Gasteiger partial charge in [-0.3, -0.25) is 19.9 Å². The Morgan fingerprint density at radius 3 is 2.76 bits per heavy atom. The van der Waals surface area contributed by atoms with Gasteiger partial charge in [-0.15, -0.1) is 0 Å². The van der Waals surface area contributed by atoms with Crippen molar-refractivity contribution in [1.29, 1.82) is 5.26 Å². The van der Waals surface area contributed by atoms with E-state index in [4.69, 9.17) is 4.42 Å². The number of carbonyl (C=O) groups is 2. The summed E-state index contributed by atoms with van der Waals surface area (Å²) in [5, 5.41) is 11.6. The molecule has 2 aromatic heterocycles. The van der Waals surface area contributed by atoms with Gasteiger partial charge in [0, 0.05) is 25.2 Å². The molecule has 0 atom stereocenters. The first-order valence-electron chi connectivity index (χ1n) is 7.08. The molecule has 0 aliphatic carbocycles. The number of H-pyrrole nitrogens is 1. The Kier molecular flexibility index (Phi) is 5.18. The number of furan rings is 1. The summed E-state index contributed by atoms with van der Waals surface area (Å²) in [7, 11) is 1.16. The minimum Gasteiger partial charge on any atom is -0.465 e. The van der Waals surface area contributed by atoms with Crippen LogP contribution in [0.1, 0.15) is 28.1 Å². The molecule has 25 heavy (non-hydrogen) atoms. The van der Waals surface area contributed by atoms with Crippen LogP contribution in [0, 0.1) is 18.3 Å². The average Bonchev–Trinajstić information content (AvgIpc) is 2.88. The van der Waals surface area contributed by atoms with E-state index in [9.17, 15) is 24.4 Å². The second-order valence-corrected chi connectivity index (χ2v) is 4.94. The lowest BCUT2D eigenvalue weighted by Crippen LogP contribution is -2.29. The van der Waals surface area contributed by atoms with Crippen LogP contribution >= 0.6 is 0 Å². The van der Waals surface area contributed by atoms with Gasteiger partial charge < -0.3 is 13.7 Å². The molecule has 2 N–H and O–H groups in total. The largest absolute Gasteiger partial charge is 0.465 e. The number of amides is 1. The first-order chi connectivity index (χ1) is 11.9. The molecule has 130 valence electrons. The van der Waals surface area contributed by atoms with Crippen molar-refractivity contribution >= 4 is 17.8 Å². The molecule has 1 amide bonds. The third-order valence-electron chi connectivity index (χ3n) is 3.32. The number of nitrogens with one attached hydrogen (secondary N) is 2. The number of nitriles is 1. The van der Waals surface area contributed by atoms with Crippen LogP contribution in [0.15, 0.2) is 26.3 Å². The van der Waals surface area contributed by atoms with E-state index in [1.807, 2.05) is 0 Å². The van der Waals surface area contributed by atoms with Crippen LogP contribution in [0.25, 0.3) is 0 Å². The predicted molar refractivity (Wildman–Crippen MR) is 84.1 cm³/mol. The SMILES string of the molecule is COC(=O)c1c(C)oc(NC(=O)CCn2ccc(=O)[nH]c2=O)c1C#N. The molecule has 0 aromatic carbocycles. The topological polar surface area (TPSA) is 147 Å². The highest BCUT2D eigenvalue weighted by Crippen LogP contribution is 2.27. The van der Waals surface area contributed by atoms with E-state index in [1.165, 1.54) is 13.1 Å². The van der Waals surface area contributed by atoms with Gasteiger partial charge in [-0.1, -0.05) is 0 Å². The van der Waals surface area contributed by atoms with Crippen LogP contribution in [0.5, 0.6) is 0 Å². The van der Waals surface area contributed by atoms with Crippen molar-refractivity contribution in [2.45, 2.75) is 19.9 Å². The molecule has 0 unspecified atom stereocenters. The molecule has 0 aliphatic rings. The Balaban J connectivity index is 2.13. The van der Waals surface area contributed by atoms with Gasteiger partial charge in [0.25, 0.3) is 5.56 Å². The number of aromatic amines is 1. The van der Waals surface area contributed by atoms with E-state index in [0.717, 1.165) is 17.7 Å². The molecule has 2 rings (SSSR count). The van der Waals surface area contributed by atoms with Crippen molar-refractivity contribution in [2.24, 2.45) is 0 Å². The monoisotopic (exact) mass is 346 g/mol. The fraction of sp³-hybridized carbons (Fsp3) is 0.267.